The molecule has 2 aliphatic heterocycles. The van der Waals surface area contributed by atoms with E-state index >= 15 is 0 Å². The van der Waals surface area contributed by atoms with Crippen LogP contribution in [0, 0.1) is 0 Å². The average molecular weight is 283 g/mol. The molecule has 5 nitrogen and oxygen atoms in total. The fraction of sp³-hybridized carbons (Fsp3) is 0.538. The van der Waals surface area contributed by atoms with Crippen molar-refractivity contribution in [2.45, 2.75) is 17.2 Å². The smallest absolute Gasteiger partial charge is 0.180 e. The highest BCUT2D eigenvalue weighted by Crippen LogP contribution is 2.42. The molecule has 0 amide bonds. The Morgan fingerprint density at radius 3 is 2.74 bits per heavy atom. The topological polar surface area (TPSA) is 64.6 Å². The first-order valence-corrected chi connectivity index (χ1v) is 8.30. The molecule has 1 N–H and O–H groups in total. The Balaban J connectivity index is 2.19. The molecule has 1 unspecified atom stereocenters. The molecule has 1 saturated heterocycles. The van der Waals surface area contributed by atoms with E-state index in [4.69, 9.17) is 9.47 Å². The summed E-state index contributed by atoms with van der Waals surface area (Å²) in [5.41, 5.74) is 0.844. The predicted octanol–water partition coefficient (Wildman–Crippen LogP) is 0.938. The summed E-state index contributed by atoms with van der Waals surface area (Å²) in [6.45, 7) is 2.58. The van der Waals surface area contributed by atoms with Crippen molar-refractivity contribution in [3.63, 3.8) is 0 Å². The third kappa shape index (κ3) is 2.30. The van der Waals surface area contributed by atoms with E-state index in [9.17, 15) is 8.42 Å². The van der Waals surface area contributed by atoms with Crippen LogP contribution in [0.25, 0.3) is 0 Å². The monoisotopic (exact) mass is 283 g/mol. The lowest BCUT2D eigenvalue weighted by molar-refractivity contribution is 0.166. The number of benzene rings is 1. The Bertz CT molecular complexity index is 591. The van der Waals surface area contributed by atoms with Crippen molar-refractivity contribution >= 4 is 9.84 Å². The largest absolute Gasteiger partial charge is 0.486 e. The molecule has 3 rings (SSSR count). The van der Waals surface area contributed by atoms with Crippen LogP contribution in [0.5, 0.6) is 11.5 Å². The molecular weight excluding hydrogens is 266 g/mol. The quantitative estimate of drug-likeness (QED) is 0.875. The zero-order valence-electron chi connectivity index (χ0n) is 10.8. The number of ether oxygens (including phenoxy) is 2. The highest BCUT2D eigenvalue weighted by molar-refractivity contribution is 7.90. The first kappa shape index (κ1) is 12.7. The van der Waals surface area contributed by atoms with Crippen molar-refractivity contribution in [1.29, 1.82) is 0 Å². The van der Waals surface area contributed by atoms with Gasteiger partial charge in [-0.1, -0.05) is 6.07 Å². The second-order valence-corrected chi connectivity index (χ2v) is 6.92. The van der Waals surface area contributed by atoms with Crippen LogP contribution in [0.15, 0.2) is 17.0 Å². The Morgan fingerprint density at radius 2 is 2.05 bits per heavy atom. The van der Waals surface area contributed by atoms with Crippen molar-refractivity contribution < 1.29 is 17.9 Å². The summed E-state index contributed by atoms with van der Waals surface area (Å²) < 4.78 is 35.3. The molecule has 0 bridgehead atoms. The molecule has 2 heterocycles. The van der Waals surface area contributed by atoms with Crippen LogP contribution in [0.1, 0.15) is 17.9 Å². The van der Waals surface area contributed by atoms with Crippen LogP contribution >= 0.6 is 0 Å². The average Bonchev–Trinajstić information content (AvgIpc) is 2.90. The predicted molar refractivity (Wildman–Crippen MR) is 70.8 cm³/mol. The van der Waals surface area contributed by atoms with Crippen molar-refractivity contribution in [1.82, 2.24) is 5.32 Å². The SMILES string of the molecule is CS(=O)(=O)c1c(C2CCNC2)ccc2c1OCCO2. The van der Waals surface area contributed by atoms with Crippen LogP contribution in [0.3, 0.4) is 0 Å². The zero-order valence-corrected chi connectivity index (χ0v) is 11.6. The molecular formula is C13H17NO4S. The molecule has 2 aliphatic rings. The minimum Gasteiger partial charge on any atom is -0.486 e. The summed E-state index contributed by atoms with van der Waals surface area (Å²) in [5, 5.41) is 3.26. The second-order valence-electron chi connectivity index (χ2n) is 4.97. The fourth-order valence-corrected chi connectivity index (χ4v) is 3.89. The van der Waals surface area contributed by atoms with Gasteiger partial charge >= 0.3 is 0 Å². The minimum absolute atomic E-state index is 0.223. The molecule has 1 aromatic carbocycles. The molecule has 0 aliphatic carbocycles. The summed E-state index contributed by atoms with van der Waals surface area (Å²) in [6, 6.07) is 3.68. The van der Waals surface area contributed by atoms with Crippen molar-refractivity contribution in [3.8, 4) is 11.5 Å². The first-order valence-electron chi connectivity index (χ1n) is 6.40. The number of hydrogen-bond acceptors (Lipinski definition) is 5. The third-order valence-corrected chi connectivity index (χ3v) is 4.73. The van der Waals surface area contributed by atoms with Gasteiger partial charge in [-0.25, -0.2) is 8.42 Å². The minimum atomic E-state index is -3.35. The Labute approximate surface area is 112 Å². The Kier molecular flexibility index (Phi) is 3.14. The normalized spacial score (nSPS) is 22.5. The van der Waals surface area contributed by atoms with Crippen molar-refractivity contribution in [2.24, 2.45) is 0 Å². The standard InChI is InChI=1S/C13H17NO4S/c1-19(15,16)13-10(9-4-5-14-8-9)2-3-11-12(13)18-7-6-17-11/h2-3,9,14H,4-8H2,1H3. The molecule has 1 fully saturated rings. The summed E-state index contributed by atoms with van der Waals surface area (Å²) >= 11 is 0. The Morgan fingerprint density at radius 1 is 1.26 bits per heavy atom. The van der Waals surface area contributed by atoms with Gasteiger partial charge in [0.2, 0.25) is 0 Å². The van der Waals surface area contributed by atoms with Gasteiger partial charge in [0.25, 0.3) is 0 Å². The van der Waals surface area contributed by atoms with Gasteiger partial charge in [-0.3, -0.25) is 0 Å². The zero-order chi connectivity index (χ0) is 13.5. The number of sulfone groups is 1. The van der Waals surface area contributed by atoms with Crippen molar-refractivity contribution in [2.75, 3.05) is 32.6 Å². The molecule has 0 saturated carbocycles. The van der Waals surface area contributed by atoms with E-state index in [0.717, 1.165) is 25.1 Å². The molecule has 0 spiro atoms. The number of rotatable bonds is 2. The second kappa shape index (κ2) is 4.68. The maximum atomic E-state index is 12.1. The van der Waals surface area contributed by atoms with Gasteiger partial charge in [-0.05, 0) is 30.5 Å². The molecule has 1 aromatic rings. The highest BCUT2D eigenvalue weighted by Gasteiger charge is 2.30. The summed E-state index contributed by atoms with van der Waals surface area (Å²) in [6.07, 6.45) is 2.18. The van der Waals surface area contributed by atoms with Gasteiger partial charge in [-0.2, -0.15) is 0 Å². The van der Waals surface area contributed by atoms with Crippen LogP contribution in [0.4, 0.5) is 0 Å². The molecule has 1 atom stereocenters. The summed E-state index contributed by atoms with van der Waals surface area (Å²) in [5.74, 6) is 1.14. The van der Waals surface area contributed by atoms with Gasteiger partial charge < -0.3 is 14.8 Å². The van der Waals surface area contributed by atoms with Gasteiger partial charge in [0, 0.05) is 12.8 Å². The Hall–Kier alpha value is -1.27. The van der Waals surface area contributed by atoms with Gasteiger partial charge in [-0.15, -0.1) is 0 Å². The lowest BCUT2D eigenvalue weighted by Crippen LogP contribution is -2.19. The molecule has 0 radical (unpaired) electrons. The van der Waals surface area contributed by atoms with E-state index in [-0.39, 0.29) is 5.92 Å². The summed E-state index contributed by atoms with van der Waals surface area (Å²) in [7, 11) is -3.35. The van der Waals surface area contributed by atoms with E-state index < -0.39 is 9.84 Å². The lowest BCUT2D eigenvalue weighted by atomic mass is 9.97. The number of hydrogen-bond donors (Lipinski definition) is 1. The summed E-state index contributed by atoms with van der Waals surface area (Å²) in [4.78, 5) is 0.304. The fourth-order valence-electron chi connectivity index (χ4n) is 2.73. The van der Waals surface area contributed by atoms with Crippen LogP contribution in [0.2, 0.25) is 0 Å². The van der Waals surface area contributed by atoms with Gasteiger partial charge in [0.15, 0.2) is 21.3 Å². The highest BCUT2D eigenvalue weighted by atomic mass is 32.2. The number of fused-ring (bicyclic) bond motifs is 1. The van der Waals surface area contributed by atoms with Gasteiger partial charge in [0.05, 0.1) is 0 Å². The lowest BCUT2D eigenvalue weighted by Gasteiger charge is -2.24. The van der Waals surface area contributed by atoms with E-state index in [2.05, 4.69) is 5.32 Å². The molecule has 0 aromatic heterocycles. The molecule has 6 heteroatoms. The van der Waals surface area contributed by atoms with E-state index in [1.807, 2.05) is 12.1 Å². The van der Waals surface area contributed by atoms with E-state index in [1.165, 1.54) is 6.26 Å². The molecule has 19 heavy (non-hydrogen) atoms. The van der Waals surface area contributed by atoms with Crippen molar-refractivity contribution in [3.05, 3.63) is 17.7 Å². The maximum Gasteiger partial charge on any atom is 0.180 e. The van der Waals surface area contributed by atoms with E-state index in [1.54, 1.807) is 0 Å². The van der Waals surface area contributed by atoms with E-state index in [0.29, 0.717) is 29.6 Å². The maximum absolute atomic E-state index is 12.1. The number of nitrogens with one attached hydrogen (secondary N) is 1. The first-order chi connectivity index (χ1) is 9.07. The third-order valence-electron chi connectivity index (χ3n) is 3.56. The molecule has 104 valence electrons. The van der Waals surface area contributed by atoms with Crippen LogP contribution < -0.4 is 14.8 Å². The van der Waals surface area contributed by atoms with Gasteiger partial charge in [0.1, 0.15) is 18.1 Å². The van der Waals surface area contributed by atoms with Crippen LogP contribution in [-0.2, 0) is 9.84 Å². The van der Waals surface area contributed by atoms with Crippen LogP contribution in [-0.4, -0.2) is 41.0 Å².